The van der Waals surface area contributed by atoms with Gasteiger partial charge in [-0.3, -0.25) is 4.79 Å². The molecular formula is C12H14O4. The van der Waals surface area contributed by atoms with Crippen LogP contribution >= 0.6 is 0 Å². The number of carboxylic acids is 1. The number of ketones is 1. The maximum atomic E-state index is 11.6. The first-order chi connectivity index (χ1) is 7.60. The Balaban J connectivity index is 3.11. The largest absolute Gasteiger partial charge is 0.496 e. The maximum Gasteiger partial charge on any atom is 0.339 e. The van der Waals surface area contributed by atoms with Crippen LogP contribution in [0.25, 0.3) is 0 Å². The Morgan fingerprint density at radius 1 is 1.38 bits per heavy atom. The summed E-state index contributed by atoms with van der Waals surface area (Å²) in [5, 5.41) is 8.94. The predicted molar refractivity (Wildman–Crippen MR) is 59.2 cm³/mol. The van der Waals surface area contributed by atoms with E-state index in [1.54, 1.807) is 6.07 Å². The lowest BCUT2D eigenvalue weighted by atomic mass is 10.0. The molecule has 0 fully saturated rings. The molecule has 0 spiro atoms. The zero-order chi connectivity index (χ0) is 12.1. The Morgan fingerprint density at radius 3 is 2.56 bits per heavy atom. The van der Waals surface area contributed by atoms with Gasteiger partial charge in [0.1, 0.15) is 11.3 Å². The summed E-state index contributed by atoms with van der Waals surface area (Å²) in [6.07, 6.45) is 1.17. The van der Waals surface area contributed by atoms with E-state index in [1.165, 1.54) is 19.2 Å². The lowest BCUT2D eigenvalue weighted by Crippen LogP contribution is -2.05. The zero-order valence-electron chi connectivity index (χ0n) is 9.32. The van der Waals surface area contributed by atoms with Crippen LogP contribution in [0.4, 0.5) is 0 Å². The molecule has 16 heavy (non-hydrogen) atoms. The molecule has 0 saturated heterocycles. The van der Waals surface area contributed by atoms with E-state index in [-0.39, 0.29) is 17.1 Å². The van der Waals surface area contributed by atoms with E-state index in [0.29, 0.717) is 12.0 Å². The summed E-state index contributed by atoms with van der Waals surface area (Å²) in [5.74, 6) is -0.879. The number of ether oxygens (including phenoxy) is 1. The van der Waals surface area contributed by atoms with Crippen LogP contribution in [0.15, 0.2) is 18.2 Å². The minimum absolute atomic E-state index is 0.0180. The number of methoxy groups -OCH3 is 1. The molecule has 4 nitrogen and oxygen atoms in total. The van der Waals surface area contributed by atoms with Crippen molar-refractivity contribution in [3.63, 3.8) is 0 Å². The van der Waals surface area contributed by atoms with Crippen molar-refractivity contribution in [1.29, 1.82) is 0 Å². The van der Waals surface area contributed by atoms with Gasteiger partial charge in [-0.1, -0.05) is 6.92 Å². The fourth-order valence-electron chi connectivity index (χ4n) is 1.42. The molecule has 0 saturated carbocycles. The summed E-state index contributed by atoms with van der Waals surface area (Å²) >= 11 is 0. The number of carbonyl (C=O) groups is 2. The zero-order valence-corrected chi connectivity index (χ0v) is 9.32. The number of hydrogen-bond donors (Lipinski definition) is 1. The van der Waals surface area contributed by atoms with Crippen molar-refractivity contribution in [3.8, 4) is 5.75 Å². The average molecular weight is 222 g/mol. The number of Topliss-reactive ketones (excluding diaryl/α,β-unsaturated/α-hetero) is 1. The molecule has 1 N–H and O–H groups in total. The molecule has 0 amide bonds. The van der Waals surface area contributed by atoms with Crippen LogP contribution in [-0.4, -0.2) is 24.0 Å². The second-order valence-corrected chi connectivity index (χ2v) is 3.39. The van der Waals surface area contributed by atoms with Crippen molar-refractivity contribution in [2.24, 2.45) is 0 Å². The summed E-state index contributed by atoms with van der Waals surface area (Å²) in [6, 6.07) is 4.45. The number of rotatable bonds is 5. The Labute approximate surface area is 93.9 Å². The van der Waals surface area contributed by atoms with Gasteiger partial charge in [-0.15, -0.1) is 0 Å². The van der Waals surface area contributed by atoms with Gasteiger partial charge < -0.3 is 9.84 Å². The summed E-state index contributed by atoms with van der Waals surface area (Å²) in [4.78, 5) is 22.5. The summed E-state index contributed by atoms with van der Waals surface area (Å²) in [7, 11) is 1.40. The average Bonchev–Trinajstić information content (AvgIpc) is 2.28. The Morgan fingerprint density at radius 2 is 2.06 bits per heavy atom. The molecule has 0 unspecified atom stereocenters. The second-order valence-electron chi connectivity index (χ2n) is 3.39. The van der Waals surface area contributed by atoms with Crippen LogP contribution in [0.3, 0.4) is 0 Å². The number of carboxylic acid groups (broad SMARTS) is 1. The van der Waals surface area contributed by atoms with Gasteiger partial charge >= 0.3 is 5.97 Å². The van der Waals surface area contributed by atoms with Crippen molar-refractivity contribution in [2.45, 2.75) is 19.8 Å². The van der Waals surface area contributed by atoms with E-state index < -0.39 is 5.97 Å². The number of carbonyl (C=O) groups excluding carboxylic acids is 1. The minimum Gasteiger partial charge on any atom is -0.496 e. The van der Waals surface area contributed by atoms with Gasteiger partial charge in [0, 0.05) is 12.0 Å². The van der Waals surface area contributed by atoms with Crippen molar-refractivity contribution < 1.29 is 19.4 Å². The monoisotopic (exact) mass is 222 g/mol. The number of aromatic carboxylic acids is 1. The van der Waals surface area contributed by atoms with Gasteiger partial charge in [0.25, 0.3) is 0 Å². The highest BCUT2D eigenvalue weighted by Crippen LogP contribution is 2.20. The Kier molecular flexibility index (Phi) is 4.05. The van der Waals surface area contributed by atoms with Crippen LogP contribution in [0.2, 0.25) is 0 Å². The molecule has 1 aromatic rings. The minimum atomic E-state index is -1.09. The highest BCUT2D eigenvalue weighted by Gasteiger charge is 2.14. The SMILES string of the molecule is CCCC(=O)c1ccc(OC)c(C(=O)O)c1. The van der Waals surface area contributed by atoms with Crippen LogP contribution in [-0.2, 0) is 0 Å². The first kappa shape index (κ1) is 12.2. The van der Waals surface area contributed by atoms with E-state index in [1.807, 2.05) is 6.92 Å². The third-order valence-corrected chi connectivity index (χ3v) is 2.23. The molecule has 0 aliphatic heterocycles. The van der Waals surface area contributed by atoms with E-state index in [9.17, 15) is 9.59 Å². The van der Waals surface area contributed by atoms with Gasteiger partial charge in [0.05, 0.1) is 7.11 Å². The highest BCUT2D eigenvalue weighted by atomic mass is 16.5. The van der Waals surface area contributed by atoms with Crippen LogP contribution in [0, 0.1) is 0 Å². The molecule has 0 atom stereocenters. The molecule has 0 aliphatic carbocycles. The molecule has 0 aliphatic rings. The molecule has 4 heteroatoms. The summed E-state index contributed by atoms with van der Waals surface area (Å²) in [5.41, 5.74) is 0.435. The van der Waals surface area contributed by atoms with Crippen molar-refractivity contribution in [1.82, 2.24) is 0 Å². The van der Waals surface area contributed by atoms with E-state index >= 15 is 0 Å². The molecule has 1 rings (SSSR count). The van der Waals surface area contributed by atoms with Gasteiger partial charge in [-0.25, -0.2) is 4.79 Å². The van der Waals surface area contributed by atoms with Gasteiger partial charge in [0.15, 0.2) is 5.78 Å². The third-order valence-electron chi connectivity index (χ3n) is 2.23. The quantitative estimate of drug-likeness (QED) is 0.777. The lowest BCUT2D eigenvalue weighted by Gasteiger charge is -2.06. The fourth-order valence-corrected chi connectivity index (χ4v) is 1.42. The normalized spacial score (nSPS) is 9.88. The molecule has 1 aromatic carbocycles. The molecule has 0 aromatic heterocycles. The number of hydrogen-bond acceptors (Lipinski definition) is 3. The first-order valence-corrected chi connectivity index (χ1v) is 5.04. The molecule has 0 bridgehead atoms. The van der Waals surface area contributed by atoms with Gasteiger partial charge in [0.2, 0.25) is 0 Å². The Hall–Kier alpha value is -1.84. The molecule has 0 heterocycles. The van der Waals surface area contributed by atoms with Crippen molar-refractivity contribution in [2.75, 3.05) is 7.11 Å². The highest BCUT2D eigenvalue weighted by molar-refractivity contribution is 5.99. The second kappa shape index (κ2) is 5.30. The van der Waals surface area contributed by atoms with Gasteiger partial charge in [-0.05, 0) is 24.6 Å². The molecule has 86 valence electrons. The molecular weight excluding hydrogens is 208 g/mol. The standard InChI is InChI=1S/C12H14O4/c1-3-4-10(13)8-5-6-11(16-2)9(7-8)12(14)15/h5-7H,3-4H2,1-2H3,(H,14,15). The fraction of sp³-hybridized carbons (Fsp3) is 0.333. The van der Waals surface area contributed by atoms with Crippen LogP contribution in [0.1, 0.15) is 40.5 Å². The maximum absolute atomic E-state index is 11.6. The van der Waals surface area contributed by atoms with E-state index in [0.717, 1.165) is 6.42 Å². The topological polar surface area (TPSA) is 63.6 Å². The van der Waals surface area contributed by atoms with Crippen molar-refractivity contribution >= 4 is 11.8 Å². The Bertz CT molecular complexity index is 409. The summed E-state index contributed by atoms with van der Waals surface area (Å²) in [6.45, 7) is 1.90. The van der Waals surface area contributed by atoms with E-state index in [2.05, 4.69) is 0 Å². The first-order valence-electron chi connectivity index (χ1n) is 5.04. The van der Waals surface area contributed by atoms with Gasteiger partial charge in [-0.2, -0.15) is 0 Å². The summed E-state index contributed by atoms with van der Waals surface area (Å²) < 4.78 is 4.91. The van der Waals surface area contributed by atoms with Crippen LogP contribution in [0.5, 0.6) is 5.75 Å². The van der Waals surface area contributed by atoms with Crippen LogP contribution < -0.4 is 4.74 Å². The number of benzene rings is 1. The predicted octanol–water partition coefficient (Wildman–Crippen LogP) is 2.38. The molecule has 0 radical (unpaired) electrons. The lowest BCUT2D eigenvalue weighted by molar-refractivity contribution is 0.0693. The van der Waals surface area contributed by atoms with E-state index in [4.69, 9.17) is 9.84 Å². The smallest absolute Gasteiger partial charge is 0.339 e. The van der Waals surface area contributed by atoms with Crippen molar-refractivity contribution in [3.05, 3.63) is 29.3 Å². The third kappa shape index (κ3) is 2.59.